The molecule has 8 heteroatoms. The van der Waals surface area contributed by atoms with Crippen LogP contribution >= 0.6 is 11.3 Å². The van der Waals surface area contributed by atoms with Crippen molar-refractivity contribution in [3.63, 3.8) is 0 Å². The summed E-state index contributed by atoms with van der Waals surface area (Å²) in [5.41, 5.74) is -0.160. The number of carboxylic acids is 1. The standard InChI is InChI=1S/C15H19N3O4S/c1-2-17-7-10(14(21)22)11(20)12-13(17)16-15(23-12)18-5-3-4-9(6-18)8-19/h7,9,19H,2-6,8H2,1H3,(H,21,22). The van der Waals surface area contributed by atoms with Gasteiger partial charge in [-0.1, -0.05) is 11.3 Å². The maximum Gasteiger partial charge on any atom is 0.341 e. The number of fused-ring (bicyclic) bond motifs is 1. The maximum absolute atomic E-state index is 12.4. The maximum atomic E-state index is 12.4. The molecule has 0 aromatic carbocycles. The molecule has 2 aromatic heterocycles. The number of carboxylic acid groups (broad SMARTS) is 1. The molecule has 1 aliphatic rings. The molecular weight excluding hydrogens is 318 g/mol. The average molecular weight is 337 g/mol. The first kappa shape index (κ1) is 15.9. The molecule has 1 saturated heterocycles. The van der Waals surface area contributed by atoms with Crippen molar-refractivity contribution in [3.8, 4) is 0 Å². The number of pyridine rings is 1. The summed E-state index contributed by atoms with van der Waals surface area (Å²) in [4.78, 5) is 30.3. The van der Waals surface area contributed by atoms with E-state index < -0.39 is 11.4 Å². The number of aromatic nitrogens is 2. The van der Waals surface area contributed by atoms with Crippen LogP contribution in [0.1, 0.15) is 30.1 Å². The molecule has 1 fully saturated rings. The Balaban J connectivity index is 2.09. The summed E-state index contributed by atoms with van der Waals surface area (Å²) in [6.07, 6.45) is 3.32. The van der Waals surface area contributed by atoms with Gasteiger partial charge >= 0.3 is 5.97 Å². The predicted molar refractivity (Wildman–Crippen MR) is 88.5 cm³/mol. The number of aromatic carboxylic acids is 1. The quantitative estimate of drug-likeness (QED) is 0.875. The Morgan fingerprint density at radius 1 is 1.52 bits per heavy atom. The van der Waals surface area contributed by atoms with Gasteiger partial charge in [-0.05, 0) is 25.7 Å². The van der Waals surface area contributed by atoms with Crippen molar-refractivity contribution in [1.29, 1.82) is 0 Å². The fourth-order valence-corrected chi connectivity index (χ4v) is 4.02. The highest BCUT2D eigenvalue weighted by atomic mass is 32.1. The zero-order valence-electron chi connectivity index (χ0n) is 12.9. The van der Waals surface area contributed by atoms with Crippen LogP contribution in [0.3, 0.4) is 0 Å². The fraction of sp³-hybridized carbons (Fsp3) is 0.533. The molecule has 2 N–H and O–H groups in total. The Morgan fingerprint density at radius 3 is 2.96 bits per heavy atom. The number of carbonyl (C=O) groups is 1. The molecule has 1 aliphatic heterocycles. The van der Waals surface area contributed by atoms with Crippen LogP contribution in [0.25, 0.3) is 10.3 Å². The summed E-state index contributed by atoms with van der Waals surface area (Å²) in [7, 11) is 0. The van der Waals surface area contributed by atoms with Crippen molar-refractivity contribution in [2.24, 2.45) is 5.92 Å². The number of hydrogen-bond acceptors (Lipinski definition) is 6. The van der Waals surface area contributed by atoms with Crippen LogP contribution in [0.2, 0.25) is 0 Å². The minimum absolute atomic E-state index is 0.145. The van der Waals surface area contributed by atoms with Crippen LogP contribution in [0, 0.1) is 5.92 Å². The van der Waals surface area contributed by atoms with E-state index in [1.54, 1.807) is 4.57 Å². The summed E-state index contributed by atoms with van der Waals surface area (Å²) >= 11 is 1.24. The van der Waals surface area contributed by atoms with Crippen molar-refractivity contribution >= 4 is 32.8 Å². The van der Waals surface area contributed by atoms with Gasteiger partial charge in [-0.2, -0.15) is 0 Å². The molecule has 3 rings (SSSR count). The Kier molecular flexibility index (Phi) is 4.36. The molecule has 23 heavy (non-hydrogen) atoms. The number of aryl methyl sites for hydroxylation is 1. The zero-order chi connectivity index (χ0) is 16.6. The van der Waals surface area contributed by atoms with Gasteiger partial charge in [0.05, 0.1) is 0 Å². The van der Waals surface area contributed by atoms with E-state index in [2.05, 4.69) is 9.88 Å². The third-order valence-corrected chi connectivity index (χ3v) is 5.33. The molecule has 0 bridgehead atoms. The van der Waals surface area contributed by atoms with Gasteiger partial charge in [0.25, 0.3) is 0 Å². The zero-order valence-corrected chi connectivity index (χ0v) is 13.7. The van der Waals surface area contributed by atoms with Crippen molar-refractivity contribution in [3.05, 3.63) is 22.0 Å². The average Bonchev–Trinajstić information content (AvgIpc) is 3.01. The number of aliphatic hydroxyl groups excluding tert-OH is 1. The predicted octanol–water partition coefficient (Wildman–Crippen LogP) is 1.38. The van der Waals surface area contributed by atoms with Crippen LogP contribution in [0.4, 0.5) is 5.13 Å². The highest BCUT2D eigenvalue weighted by Crippen LogP contribution is 2.30. The van der Waals surface area contributed by atoms with Gasteiger partial charge in [0.2, 0.25) is 5.43 Å². The normalized spacial score (nSPS) is 18.5. The second-order valence-electron chi connectivity index (χ2n) is 5.75. The molecule has 0 aliphatic carbocycles. The monoisotopic (exact) mass is 337 g/mol. The number of thiazole rings is 1. The number of aliphatic hydroxyl groups is 1. The molecule has 0 amide bonds. The summed E-state index contributed by atoms with van der Waals surface area (Å²) < 4.78 is 2.08. The smallest absolute Gasteiger partial charge is 0.341 e. The fourth-order valence-electron chi connectivity index (χ4n) is 2.96. The first-order valence-electron chi connectivity index (χ1n) is 7.68. The molecule has 7 nitrogen and oxygen atoms in total. The highest BCUT2D eigenvalue weighted by molar-refractivity contribution is 7.22. The van der Waals surface area contributed by atoms with E-state index in [0.29, 0.717) is 23.4 Å². The molecule has 0 saturated carbocycles. The lowest BCUT2D eigenvalue weighted by atomic mass is 10.00. The van der Waals surface area contributed by atoms with Gasteiger partial charge in [-0.25, -0.2) is 9.78 Å². The van der Waals surface area contributed by atoms with E-state index in [1.165, 1.54) is 17.5 Å². The summed E-state index contributed by atoms with van der Waals surface area (Å²) in [6.45, 7) is 4.12. The van der Waals surface area contributed by atoms with Crippen molar-refractivity contribution in [1.82, 2.24) is 9.55 Å². The van der Waals surface area contributed by atoms with Gasteiger partial charge in [0.15, 0.2) is 10.8 Å². The summed E-state index contributed by atoms with van der Waals surface area (Å²) in [6, 6.07) is 0. The van der Waals surface area contributed by atoms with Crippen LogP contribution in [-0.4, -0.2) is 45.4 Å². The lowest BCUT2D eigenvalue weighted by Gasteiger charge is -2.31. The summed E-state index contributed by atoms with van der Waals surface area (Å²) in [5, 5.41) is 19.3. The number of nitrogens with zero attached hydrogens (tertiary/aromatic N) is 3. The molecule has 1 unspecified atom stereocenters. The van der Waals surface area contributed by atoms with E-state index in [0.717, 1.165) is 24.5 Å². The van der Waals surface area contributed by atoms with E-state index in [4.69, 9.17) is 0 Å². The van der Waals surface area contributed by atoms with Crippen molar-refractivity contribution < 1.29 is 15.0 Å². The number of anilines is 1. The number of rotatable bonds is 4. The SMILES string of the molecule is CCn1cc(C(=O)O)c(=O)c2sc(N3CCCC(CO)C3)nc21. The van der Waals surface area contributed by atoms with Crippen LogP contribution < -0.4 is 10.3 Å². The molecule has 2 aromatic rings. The Morgan fingerprint density at radius 2 is 2.30 bits per heavy atom. The van der Waals surface area contributed by atoms with Gasteiger partial charge in [0.1, 0.15) is 10.3 Å². The molecule has 0 radical (unpaired) electrons. The van der Waals surface area contributed by atoms with E-state index in [9.17, 15) is 19.8 Å². The molecule has 124 valence electrons. The largest absolute Gasteiger partial charge is 0.477 e. The van der Waals surface area contributed by atoms with Gasteiger partial charge in [-0.3, -0.25) is 4.79 Å². The Bertz CT molecular complexity index is 798. The van der Waals surface area contributed by atoms with Crippen molar-refractivity contribution in [2.45, 2.75) is 26.3 Å². The molecule has 3 heterocycles. The van der Waals surface area contributed by atoms with E-state index in [1.807, 2.05) is 6.92 Å². The first-order chi connectivity index (χ1) is 11.0. The third-order valence-electron chi connectivity index (χ3n) is 4.22. The van der Waals surface area contributed by atoms with Gasteiger partial charge < -0.3 is 19.7 Å². The molecule has 0 spiro atoms. The topological polar surface area (TPSA) is 95.7 Å². The van der Waals surface area contributed by atoms with Crippen LogP contribution in [0.15, 0.2) is 11.0 Å². The minimum atomic E-state index is -1.22. The minimum Gasteiger partial charge on any atom is -0.477 e. The molecular formula is C15H19N3O4S. The second-order valence-corrected chi connectivity index (χ2v) is 6.73. The van der Waals surface area contributed by atoms with Crippen LogP contribution in [-0.2, 0) is 6.54 Å². The summed E-state index contributed by atoms with van der Waals surface area (Å²) in [5.74, 6) is -0.997. The van der Waals surface area contributed by atoms with Gasteiger partial charge in [0, 0.05) is 32.4 Å². The molecule has 1 atom stereocenters. The van der Waals surface area contributed by atoms with Crippen LogP contribution in [0.5, 0.6) is 0 Å². The van der Waals surface area contributed by atoms with E-state index >= 15 is 0 Å². The van der Waals surface area contributed by atoms with Crippen molar-refractivity contribution in [2.75, 3.05) is 24.6 Å². The second kappa shape index (κ2) is 6.29. The lowest BCUT2D eigenvalue weighted by molar-refractivity contribution is 0.0695. The number of hydrogen-bond donors (Lipinski definition) is 2. The Hall–Kier alpha value is -1.93. The first-order valence-corrected chi connectivity index (χ1v) is 8.49. The van der Waals surface area contributed by atoms with E-state index in [-0.39, 0.29) is 18.1 Å². The Labute approximate surface area is 136 Å². The lowest BCUT2D eigenvalue weighted by Crippen LogP contribution is -2.36. The third kappa shape index (κ3) is 2.84. The number of piperidine rings is 1. The highest BCUT2D eigenvalue weighted by Gasteiger charge is 2.24. The van der Waals surface area contributed by atoms with Gasteiger partial charge in [-0.15, -0.1) is 0 Å².